The zero-order valence-corrected chi connectivity index (χ0v) is 10.0. The summed E-state index contributed by atoms with van der Waals surface area (Å²) in [6.07, 6.45) is 8.59. The normalized spacial score (nSPS) is 17.6. The van der Waals surface area contributed by atoms with E-state index in [2.05, 4.69) is 10.6 Å². The molecule has 1 aromatic carbocycles. The molecule has 1 aliphatic rings. The molecule has 1 N–H and O–H groups in total. The highest BCUT2D eigenvalue weighted by Gasteiger charge is 2.20. The number of fused-ring (bicyclic) bond motifs is 1. The lowest BCUT2D eigenvalue weighted by molar-refractivity contribution is -0.680. The van der Waals surface area contributed by atoms with Gasteiger partial charge in [-0.15, -0.1) is 0 Å². The third kappa shape index (κ3) is 2.02. The first-order valence-electron chi connectivity index (χ1n) is 6.53. The predicted molar refractivity (Wildman–Crippen MR) is 65.9 cm³/mol. The molecule has 1 heterocycles. The maximum atomic E-state index is 9.82. The van der Waals surface area contributed by atoms with Crippen LogP contribution < -0.4 is 4.57 Å². The molecule has 1 fully saturated rings. The van der Waals surface area contributed by atoms with Gasteiger partial charge in [0.15, 0.2) is 5.52 Å². The highest BCUT2D eigenvalue weighted by molar-refractivity contribution is 5.70. The summed E-state index contributed by atoms with van der Waals surface area (Å²) in [4.78, 5) is 0. The molecular formula is C14H19N2O+. The van der Waals surface area contributed by atoms with Crippen LogP contribution in [0.5, 0.6) is 0 Å². The highest BCUT2D eigenvalue weighted by atomic mass is 16.5. The Morgan fingerprint density at radius 1 is 1.18 bits per heavy atom. The van der Waals surface area contributed by atoms with Crippen molar-refractivity contribution in [2.45, 2.75) is 38.6 Å². The van der Waals surface area contributed by atoms with E-state index in [1.165, 1.54) is 36.8 Å². The standard InChI is InChI=1S/C14H19N2O/c17-16-11-15(10-12-6-2-1-3-7-12)13-8-4-5-9-14(13)16/h4-5,8-9,11-12,17H,1-3,6-7,10H2/q+1. The Balaban J connectivity index is 1.89. The summed E-state index contributed by atoms with van der Waals surface area (Å²) in [5.74, 6) is 0.777. The summed E-state index contributed by atoms with van der Waals surface area (Å²) in [5.41, 5.74) is 2.02. The Labute approximate surface area is 101 Å². The second-order valence-electron chi connectivity index (χ2n) is 5.11. The van der Waals surface area contributed by atoms with E-state index >= 15 is 0 Å². The predicted octanol–water partition coefficient (Wildman–Crippen LogP) is 2.75. The lowest BCUT2D eigenvalue weighted by atomic mass is 9.89. The summed E-state index contributed by atoms with van der Waals surface area (Å²) in [6, 6.07) is 8.01. The third-order valence-corrected chi connectivity index (χ3v) is 3.87. The first-order chi connectivity index (χ1) is 8.34. The van der Waals surface area contributed by atoms with Crippen LogP contribution in [-0.4, -0.2) is 9.94 Å². The molecule has 3 heteroatoms. The van der Waals surface area contributed by atoms with Gasteiger partial charge in [-0.05, 0) is 35.6 Å². The molecule has 3 nitrogen and oxygen atoms in total. The minimum absolute atomic E-state index is 0.777. The van der Waals surface area contributed by atoms with Crippen LogP contribution in [0.4, 0.5) is 0 Å². The number of para-hydroxylation sites is 2. The van der Waals surface area contributed by atoms with E-state index in [4.69, 9.17) is 0 Å². The van der Waals surface area contributed by atoms with Crippen LogP contribution in [-0.2, 0) is 6.54 Å². The van der Waals surface area contributed by atoms with Crippen LogP contribution >= 0.6 is 0 Å². The smallest absolute Gasteiger partial charge is 0.285 e. The number of aromatic nitrogens is 2. The van der Waals surface area contributed by atoms with Gasteiger partial charge in [0, 0.05) is 0 Å². The number of benzene rings is 1. The van der Waals surface area contributed by atoms with Gasteiger partial charge in [-0.1, -0.05) is 31.4 Å². The van der Waals surface area contributed by atoms with Crippen molar-refractivity contribution < 1.29 is 9.77 Å². The minimum atomic E-state index is 0.777. The summed E-state index contributed by atoms with van der Waals surface area (Å²) >= 11 is 0. The van der Waals surface area contributed by atoms with Crippen molar-refractivity contribution in [3.63, 3.8) is 0 Å². The fourth-order valence-electron chi connectivity index (χ4n) is 2.95. The van der Waals surface area contributed by atoms with E-state index in [9.17, 15) is 5.21 Å². The molecule has 3 rings (SSSR count). The van der Waals surface area contributed by atoms with E-state index < -0.39 is 0 Å². The average Bonchev–Trinajstić information content (AvgIpc) is 2.69. The average molecular weight is 231 g/mol. The van der Waals surface area contributed by atoms with Gasteiger partial charge in [-0.2, -0.15) is 0 Å². The van der Waals surface area contributed by atoms with E-state index in [1.807, 2.05) is 18.2 Å². The fourth-order valence-corrected chi connectivity index (χ4v) is 2.95. The topological polar surface area (TPSA) is 29.0 Å². The monoisotopic (exact) mass is 231 g/mol. The minimum Gasteiger partial charge on any atom is -0.350 e. The molecule has 0 amide bonds. The largest absolute Gasteiger partial charge is 0.350 e. The van der Waals surface area contributed by atoms with E-state index in [-0.39, 0.29) is 0 Å². The molecule has 1 aliphatic carbocycles. The third-order valence-electron chi connectivity index (χ3n) is 3.87. The van der Waals surface area contributed by atoms with Gasteiger partial charge in [-0.25, -0.2) is 4.57 Å². The maximum absolute atomic E-state index is 9.82. The first kappa shape index (κ1) is 10.6. The molecule has 2 aromatic rings. The Morgan fingerprint density at radius 3 is 2.76 bits per heavy atom. The van der Waals surface area contributed by atoms with Crippen LogP contribution in [0.1, 0.15) is 32.1 Å². The highest BCUT2D eigenvalue weighted by Crippen LogP contribution is 2.24. The second kappa shape index (κ2) is 4.40. The maximum Gasteiger partial charge on any atom is 0.285 e. The van der Waals surface area contributed by atoms with Gasteiger partial charge in [-0.3, -0.25) is 0 Å². The van der Waals surface area contributed by atoms with Crippen LogP contribution in [0.15, 0.2) is 30.6 Å². The molecule has 0 saturated heterocycles. The molecule has 0 radical (unpaired) electrons. The zero-order valence-electron chi connectivity index (χ0n) is 10.0. The van der Waals surface area contributed by atoms with Gasteiger partial charge in [0.1, 0.15) is 0 Å². The summed E-state index contributed by atoms with van der Waals surface area (Å²) in [5, 5.41) is 9.82. The second-order valence-corrected chi connectivity index (χ2v) is 5.11. The number of rotatable bonds is 2. The van der Waals surface area contributed by atoms with Gasteiger partial charge in [0.2, 0.25) is 5.52 Å². The van der Waals surface area contributed by atoms with Crippen molar-refractivity contribution in [3.05, 3.63) is 30.6 Å². The van der Waals surface area contributed by atoms with E-state index in [0.29, 0.717) is 0 Å². The molecule has 1 saturated carbocycles. The Bertz CT molecular complexity index is 512. The summed E-state index contributed by atoms with van der Waals surface area (Å²) < 4.78 is 3.42. The SMILES string of the molecule is On1c[n+](CC2CCCCC2)c2ccccc21. The molecule has 0 atom stereocenters. The zero-order chi connectivity index (χ0) is 11.7. The molecule has 0 unspecified atom stereocenters. The van der Waals surface area contributed by atoms with Crippen molar-refractivity contribution in [1.29, 1.82) is 0 Å². The van der Waals surface area contributed by atoms with Crippen molar-refractivity contribution in [1.82, 2.24) is 4.73 Å². The van der Waals surface area contributed by atoms with Crippen LogP contribution in [0, 0.1) is 5.92 Å². The fraction of sp³-hybridized carbons (Fsp3) is 0.500. The summed E-state index contributed by atoms with van der Waals surface area (Å²) in [6.45, 7) is 1.04. The van der Waals surface area contributed by atoms with E-state index in [0.717, 1.165) is 23.5 Å². The molecule has 0 aliphatic heterocycles. The van der Waals surface area contributed by atoms with Crippen molar-refractivity contribution in [3.8, 4) is 0 Å². The lowest BCUT2D eigenvalue weighted by Crippen LogP contribution is -2.37. The van der Waals surface area contributed by atoms with Crippen molar-refractivity contribution in [2.75, 3.05) is 0 Å². The van der Waals surface area contributed by atoms with E-state index in [1.54, 1.807) is 6.33 Å². The van der Waals surface area contributed by atoms with Crippen LogP contribution in [0.25, 0.3) is 11.0 Å². The van der Waals surface area contributed by atoms with Gasteiger partial charge in [0.05, 0.1) is 6.54 Å². The van der Waals surface area contributed by atoms with Gasteiger partial charge >= 0.3 is 0 Å². The number of hydrogen-bond donors (Lipinski definition) is 1. The molecule has 90 valence electrons. The summed E-state index contributed by atoms with van der Waals surface area (Å²) in [7, 11) is 0. The van der Waals surface area contributed by atoms with Gasteiger partial charge in [0.25, 0.3) is 6.33 Å². The quantitative estimate of drug-likeness (QED) is 0.625. The number of hydrogen-bond acceptors (Lipinski definition) is 1. The van der Waals surface area contributed by atoms with Crippen LogP contribution in [0.3, 0.4) is 0 Å². The Hall–Kier alpha value is -1.51. The van der Waals surface area contributed by atoms with Crippen LogP contribution in [0.2, 0.25) is 0 Å². The molecule has 17 heavy (non-hydrogen) atoms. The molecular weight excluding hydrogens is 212 g/mol. The molecule has 1 aromatic heterocycles. The molecule has 0 bridgehead atoms. The Morgan fingerprint density at radius 2 is 1.94 bits per heavy atom. The molecule has 0 spiro atoms. The number of imidazole rings is 1. The number of nitrogens with zero attached hydrogens (tertiary/aromatic N) is 2. The Kier molecular flexibility index (Phi) is 2.75. The first-order valence-corrected chi connectivity index (χ1v) is 6.53. The van der Waals surface area contributed by atoms with Crippen molar-refractivity contribution in [2.24, 2.45) is 5.92 Å². The lowest BCUT2D eigenvalue weighted by Gasteiger charge is -2.19. The van der Waals surface area contributed by atoms with Crippen molar-refractivity contribution >= 4 is 11.0 Å². The van der Waals surface area contributed by atoms with Gasteiger partial charge < -0.3 is 5.21 Å².